The number of rotatable bonds is 27. The highest BCUT2D eigenvalue weighted by molar-refractivity contribution is 7.24. The number of aromatic nitrogens is 17. The summed E-state index contributed by atoms with van der Waals surface area (Å²) >= 11 is 5.50. The highest BCUT2D eigenvalue weighted by Gasteiger charge is 2.30. The number of methoxy groups -OCH3 is 2. The van der Waals surface area contributed by atoms with Gasteiger partial charge in [-0.05, 0) is 163 Å². The lowest BCUT2D eigenvalue weighted by Gasteiger charge is -2.39. The van der Waals surface area contributed by atoms with Crippen molar-refractivity contribution in [3.05, 3.63) is 194 Å². The summed E-state index contributed by atoms with van der Waals surface area (Å²) in [4.78, 5) is 129. The monoisotopic (exact) mass is 1930 g/mol. The van der Waals surface area contributed by atoms with Crippen molar-refractivity contribution >= 4 is 143 Å². The summed E-state index contributed by atoms with van der Waals surface area (Å²) in [5.74, 6) is 4.47. The fourth-order valence-electron chi connectivity index (χ4n) is 14.2. The second kappa shape index (κ2) is 45.7. The zero-order valence-corrected chi connectivity index (χ0v) is 79.5. The molecule has 12 N–H and O–H groups in total. The molecule has 14 heterocycles. The number of benzene rings is 4. The summed E-state index contributed by atoms with van der Waals surface area (Å²) in [6.45, 7) is 21.3. The van der Waals surface area contributed by atoms with Crippen molar-refractivity contribution in [1.82, 2.24) is 106 Å². The average Bonchev–Trinajstić information content (AvgIpc) is 1.66. The number of ether oxygens (including phenoxy) is 4. The van der Waals surface area contributed by atoms with Gasteiger partial charge in [-0.25, -0.2) is 89.0 Å². The first-order valence-electron chi connectivity index (χ1n) is 43.9. The molecule has 8 amide bonds. The quantitative estimate of drug-likeness (QED) is 0.0213. The Balaban J connectivity index is 0.000000139. The first-order chi connectivity index (χ1) is 66.5. The van der Waals surface area contributed by atoms with Gasteiger partial charge in [0.1, 0.15) is 42.3 Å². The summed E-state index contributed by atoms with van der Waals surface area (Å²) in [7, 11) is 3.33. The Bertz CT molecular complexity index is 6870. The molecule has 12 aromatic heterocycles. The van der Waals surface area contributed by atoms with E-state index in [9.17, 15) is 39.6 Å². The number of urea groups is 4. The lowest BCUT2D eigenvalue weighted by Crippen LogP contribution is -2.52. The van der Waals surface area contributed by atoms with Gasteiger partial charge >= 0.3 is 24.1 Å². The number of anilines is 6. The predicted molar refractivity (Wildman–Crippen MR) is 530 cm³/mol. The number of morpholine rings is 1. The Labute approximate surface area is 802 Å². The van der Waals surface area contributed by atoms with Gasteiger partial charge < -0.3 is 70.4 Å². The Morgan fingerprint density at radius 2 is 0.788 bits per heavy atom. The van der Waals surface area contributed by atoms with Crippen molar-refractivity contribution in [3.63, 3.8) is 0 Å². The van der Waals surface area contributed by atoms with Crippen molar-refractivity contribution in [2.75, 3.05) is 124 Å². The summed E-state index contributed by atoms with van der Waals surface area (Å²) in [6, 6.07) is 31.4. The van der Waals surface area contributed by atoms with Gasteiger partial charge in [-0.2, -0.15) is 0 Å². The van der Waals surface area contributed by atoms with Crippen molar-refractivity contribution in [2.45, 2.75) is 85.9 Å². The molecule has 0 spiro atoms. The Morgan fingerprint density at radius 1 is 0.401 bits per heavy atom. The van der Waals surface area contributed by atoms with E-state index in [1.807, 2.05) is 119 Å². The molecule has 0 bridgehead atoms. The van der Waals surface area contributed by atoms with Crippen molar-refractivity contribution in [1.29, 1.82) is 0 Å². The van der Waals surface area contributed by atoms with E-state index in [0.29, 0.717) is 136 Å². The molecule has 43 heteroatoms. The molecule has 39 nitrogen and oxygen atoms in total. The molecule has 16 aromatic rings. The largest absolute Gasteiger partial charge is 0.491 e. The number of pyridine rings is 3. The van der Waals surface area contributed by atoms with Crippen molar-refractivity contribution in [2.24, 2.45) is 0 Å². The number of carbonyl (C=O) groups excluding carboxylic acids is 4. The Kier molecular flexibility index (Phi) is 32.4. The Morgan fingerprint density at radius 3 is 1.17 bits per heavy atom. The van der Waals surface area contributed by atoms with Crippen LogP contribution in [-0.4, -0.2) is 228 Å². The maximum absolute atomic E-state index is 12.1. The first-order valence-corrected chi connectivity index (χ1v) is 47.2. The van der Waals surface area contributed by atoms with E-state index in [4.69, 9.17) is 28.9 Å². The maximum Gasteiger partial charge on any atom is 0.321 e. The minimum Gasteiger partial charge on any atom is -0.491 e. The number of nitrogens with zero attached hydrogens (tertiary/aromatic N) is 19. The molecular weight excluding hydrogens is 1830 g/mol. The molecule has 2 aliphatic rings. The number of fused-ring (bicyclic) bond motifs is 4. The highest BCUT2D eigenvalue weighted by atomic mass is 32.1. The van der Waals surface area contributed by atoms with Crippen molar-refractivity contribution < 1.29 is 58.6 Å². The number of nitrogens with one attached hydrogen (secondary N) is 8. The second-order valence-electron chi connectivity index (χ2n) is 30.9. The van der Waals surface area contributed by atoms with E-state index in [1.165, 1.54) is 45.3 Å². The average molecular weight is 1930 g/mol. The van der Waals surface area contributed by atoms with E-state index < -0.39 is 24.4 Å². The van der Waals surface area contributed by atoms with Crippen LogP contribution in [0.4, 0.5) is 51.3 Å². The van der Waals surface area contributed by atoms with E-state index in [-0.39, 0.29) is 30.2 Å². The van der Waals surface area contributed by atoms with Crippen LogP contribution in [-0.2, 0) is 14.2 Å². The smallest absolute Gasteiger partial charge is 0.321 e. The fraction of sp³-hybridized carbons (Fsp3) is 0.287. The molecular formula is C94H99N27O12S4. The van der Waals surface area contributed by atoms with Gasteiger partial charge in [-0.15, -0.1) is 0 Å². The molecule has 4 atom stereocenters. The number of carbonyl (C=O) groups is 4. The van der Waals surface area contributed by atoms with Gasteiger partial charge in [0.05, 0.1) is 90.0 Å². The van der Waals surface area contributed by atoms with Crippen LogP contribution in [0.2, 0.25) is 0 Å². The summed E-state index contributed by atoms with van der Waals surface area (Å²) in [5.41, 5.74) is 14.9. The van der Waals surface area contributed by atoms with Gasteiger partial charge in [0, 0.05) is 185 Å². The van der Waals surface area contributed by atoms with Crippen molar-refractivity contribution in [3.8, 4) is 95.5 Å². The van der Waals surface area contributed by atoms with Crippen LogP contribution in [0.1, 0.15) is 103 Å². The molecule has 0 aliphatic carbocycles. The van der Waals surface area contributed by atoms with E-state index in [2.05, 4.69) is 133 Å². The van der Waals surface area contributed by atoms with Crippen LogP contribution in [0.5, 0.6) is 5.75 Å². The third-order valence-corrected chi connectivity index (χ3v) is 25.1. The number of hydrogen-bond acceptors (Lipinski definition) is 35. The van der Waals surface area contributed by atoms with Crippen LogP contribution in [0.3, 0.4) is 0 Å². The molecule has 4 unspecified atom stereocenters. The summed E-state index contributed by atoms with van der Waals surface area (Å²) < 4.78 is 25.2. The third-order valence-electron chi connectivity index (χ3n) is 21.0. The molecule has 2 saturated heterocycles. The first kappa shape index (κ1) is 97.0. The minimum atomic E-state index is -0.756. The highest BCUT2D eigenvalue weighted by Crippen LogP contribution is 2.44. The maximum atomic E-state index is 12.1. The molecule has 2 fully saturated rings. The van der Waals surface area contributed by atoms with Crippen LogP contribution in [0.25, 0.3) is 131 Å². The number of aliphatic hydroxyl groups is 4. The molecule has 706 valence electrons. The molecule has 18 rings (SSSR count). The molecule has 2 aliphatic heterocycles. The van der Waals surface area contributed by atoms with Gasteiger partial charge in [0.25, 0.3) is 0 Å². The zero-order valence-electron chi connectivity index (χ0n) is 76.2. The van der Waals surface area contributed by atoms with E-state index in [1.54, 1.807) is 116 Å². The van der Waals surface area contributed by atoms with Crippen LogP contribution in [0.15, 0.2) is 171 Å². The summed E-state index contributed by atoms with van der Waals surface area (Å²) in [6.07, 6.45) is 16.0. The van der Waals surface area contributed by atoms with E-state index in [0.717, 1.165) is 135 Å². The van der Waals surface area contributed by atoms with Crippen LogP contribution < -0.4 is 57.1 Å². The van der Waals surface area contributed by atoms with Gasteiger partial charge in [0.15, 0.2) is 49.6 Å². The van der Waals surface area contributed by atoms with Gasteiger partial charge in [-0.3, -0.25) is 36.2 Å². The molecule has 4 aromatic carbocycles. The minimum absolute atomic E-state index is 0.201. The second-order valence-corrected chi connectivity index (χ2v) is 34.9. The molecule has 0 radical (unpaired) electrons. The predicted octanol–water partition coefficient (Wildman–Crippen LogP) is 15.1. The Hall–Kier alpha value is -14.5. The lowest BCUT2D eigenvalue weighted by atomic mass is 10.0. The number of thiazole rings is 4. The van der Waals surface area contributed by atoms with Gasteiger partial charge in [-0.1, -0.05) is 57.5 Å². The van der Waals surface area contributed by atoms with Gasteiger partial charge in [0.2, 0.25) is 0 Å². The third kappa shape index (κ3) is 24.4. The lowest BCUT2D eigenvalue weighted by molar-refractivity contribution is 0.0783. The SMILES string of the molecule is CCNC(=O)Nc1nc2cc(-c3ccc(C(C)O)nc3)cc(-c3ccccn3)c2s1.CCNC(=O)Nc1nc2cc(-c3cnc(C(C)O)nc3)cc(-c3cc(OCCOC)ccn3)c2s1.CCNC(=O)Nc1nc2cc(-c3cnc(C(C)O)nc3)cc(-c3nccc(N4CC(OC)C4)n3)c2s1.CCNC(=O)Nc1nc2cc(-c3cnc(C(C)O)nc3)cc(-c3nccc(N4CCOCC4)n3)c2s1. The number of hydrogen-bond donors (Lipinski definition) is 12. The van der Waals surface area contributed by atoms with Crippen LogP contribution in [0, 0.1) is 0 Å². The number of aliphatic hydroxyl groups excluding tert-OH is 4. The normalized spacial score (nSPS) is 13.3. The summed E-state index contributed by atoms with van der Waals surface area (Å²) in [5, 5.41) is 62.9. The topological polar surface area (TPSA) is 508 Å². The van der Waals surface area contributed by atoms with E-state index >= 15 is 0 Å². The molecule has 0 saturated carbocycles. The number of amides is 8. The molecule has 137 heavy (non-hydrogen) atoms. The standard InChI is InChI=1S/2C24H26N8O3S.C24H26N6O4S.C22H21N5O2S/c1-4-25-23(34)31-24-29-18-8-14(15-9-27-21(13(2)33)28-10-15)7-17(20(18)36-24)22-26-6-5-19(30-22)32-11-16(12-32)35-3;1-3-25-23(34)31-24-29-18-11-15(16-12-27-21(14(2)33)28-13-16)10-17(20(18)36-24)22-26-5-4-19(30-22)32-6-8-35-9-7-32;1-4-25-23(32)30-24-29-20-10-15(16-12-27-22(14(2)31)28-13-16)9-18(21(20)35-24)19-11-17(5-6-26-19)34-8-7-33-3;1-3-23-21(29)27-22-26-19-11-15(14-7-8-17(13(2)28)25-12-14)10-16(20(19)30-22)18-6-4-5-9-24-18/h5-10,13,16,33H,4,11-12H2,1-3H3,(H2,25,29,31,34);4-5,10-14,33H,3,6-9H2,1-2H3,(H2,25,29,31,34);5-6,9-14,31H,4,7-8H2,1-3H3,(H2,25,29,30,32);4-13,28H,3H2,1-2H3,(H2,23,26,27,29). The fourth-order valence-corrected chi connectivity index (χ4v) is 18.0. The zero-order chi connectivity index (χ0) is 96.2. The van der Waals surface area contributed by atoms with Crippen LogP contribution >= 0.6 is 45.3 Å².